The minimum atomic E-state index is -4.30. The Labute approximate surface area is 251 Å². The summed E-state index contributed by atoms with van der Waals surface area (Å²) in [6.45, 7) is 6.66. The first kappa shape index (κ1) is 32.4. The highest BCUT2D eigenvalue weighted by Gasteiger charge is 2.34. The predicted octanol–water partition coefficient (Wildman–Crippen LogP) is 6.36. The van der Waals surface area contributed by atoms with Gasteiger partial charge in [-0.3, -0.25) is 13.9 Å². The van der Waals surface area contributed by atoms with E-state index in [4.69, 9.17) is 23.2 Å². The number of hydrogen-bond acceptors (Lipinski definition) is 4. The second kappa shape index (κ2) is 14.2. The van der Waals surface area contributed by atoms with Crippen LogP contribution in [0.2, 0.25) is 10.0 Å². The zero-order valence-corrected chi connectivity index (χ0v) is 25.7. The molecule has 2 amide bonds. The topological polar surface area (TPSA) is 86.8 Å². The van der Waals surface area contributed by atoms with Crippen molar-refractivity contribution in [2.75, 3.05) is 10.8 Å². The molecule has 2 unspecified atom stereocenters. The van der Waals surface area contributed by atoms with Gasteiger partial charge in [0, 0.05) is 17.6 Å². The lowest BCUT2D eigenvalue weighted by molar-refractivity contribution is -0.140. The Morgan fingerprint density at radius 1 is 0.951 bits per heavy atom. The van der Waals surface area contributed by atoms with Gasteiger partial charge in [-0.15, -0.1) is 0 Å². The fourth-order valence-electron chi connectivity index (χ4n) is 4.17. The summed E-state index contributed by atoms with van der Waals surface area (Å²) in [5.74, 6) is -1.46. The largest absolute Gasteiger partial charge is 0.352 e. The molecular formula is C30H34Cl2FN3O4S. The molecule has 3 rings (SSSR count). The van der Waals surface area contributed by atoms with Crippen molar-refractivity contribution in [2.24, 2.45) is 0 Å². The zero-order chi connectivity index (χ0) is 30.3. The van der Waals surface area contributed by atoms with Crippen LogP contribution in [0.15, 0.2) is 71.6 Å². The van der Waals surface area contributed by atoms with E-state index in [-0.39, 0.29) is 45.5 Å². The average Bonchev–Trinajstić information content (AvgIpc) is 2.94. The lowest BCUT2D eigenvalue weighted by Crippen LogP contribution is -2.53. The van der Waals surface area contributed by atoms with Crippen molar-refractivity contribution in [2.45, 2.75) is 64.1 Å². The van der Waals surface area contributed by atoms with Crippen molar-refractivity contribution in [1.29, 1.82) is 0 Å². The minimum absolute atomic E-state index is 0.0203. The van der Waals surface area contributed by atoms with Crippen molar-refractivity contribution in [3.05, 3.63) is 93.7 Å². The van der Waals surface area contributed by atoms with Crippen molar-refractivity contribution >= 4 is 50.7 Å². The lowest BCUT2D eigenvalue weighted by Gasteiger charge is -2.34. The number of amides is 2. The summed E-state index contributed by atoms with van der Waals surface area (Å²) < 4.78 is 42.4. The molecule has 0 heterocycles. The fourth-order valence-corrected chi connectivity index (χ4v) is 6.04. The van der Waals surface area contributed by atoms with E-state index < -0.39 is 34.3 Å². The van der Waals surface area contributed by atoms with Crippen molar-refractivity contribution in [3.63, 3.8) is 0 Å². The lowest BCUT2D eigenvalue weighted by atomic mass is 10.1. The van der Waals surface area contributed by atoms with Crippen LogP contribution in [0.25, 0.3) is 0 Å². The molecule has 11 heteroatoms. The van der Waals surface area contributed by atoms with Crippen molar-refractivity contribution in [1.82, 2.24) is 10.2 Å². The Morgan fingerprint density at radius 3 is 2.17 bits per heavy atom. The van der Waals surface area contributed by atoms with Gasteiger partial charge in [-0.25, -0.2) is 12.8 Å². The van der Waals surface area contributed by atoms with E-state index in [1.807, 2.05) is 20.8 Å². The number of carbonyl (C=O) groups is 2. The molecule has 0 aliphatic carbocycles. The van der Waals surface area contributed by atoms with E-state index in [2.05, 4.69) is 5.32 Å². The molecule has 220 valence electrons. The number of nitrogens with zero attached hydrogens (tertiary/aromatic N) is 2. The van der Waals surface area contributed by atoms with Crippen LogP contribution >= 0.6 is 23.2 Å². The molecule has 0 bridgehead atoms. The summed E-state index contributed by atoms with van der Waals surface area (Å²) in [5.41, 5.74) is 1.45. The maximum atomic E-state index is 14.1. The van der Waals surface area contributed by atoms with Gasteiger partial charge in [0.05, 0.1) is 15.6 Å². The Bertz CT molecular complexity index is 1470. The summed E-state index contributed by atoms with van der Waals surface area (Å²) in [4.78, 5) is 28.7. The molecule has 0 saturated carbocycles. The highest BCUT2D eigenvalue weighted by Crippen LogP contribution is 2.33. The Hall–Kier alpha value is -3.14. The van der Waals surface area contributed by atoms with E-state index in [1.165, 1.54) is 59.5 Å². The molecule has 0 saturated heterocycles. The van der Waals surface area contributed by atoms with Crippen LogP contribution in [0.4, 0.5) is 10.1 Å². The molecule has 3 aromatic rings. The maximum Gasteiger partial charge on any atom is 0.264 e. The van der Waals surface area contributed by atoms with Gasteiger partial charge in [0.2, 0.25) is 11.8 Å². The maximum absolute atomic E-state index is 14.1. The summed E-state index contributed by atoms with van der Waals surface area (Å²) in [6, 6.07) is 15.0. The van der Waals surface area contributed by atoms with Gasteiger partial charge in [0.25, 0.3) is 10.0 Å². The molecule has 1 N–H and O–H groups in total. The van der Waals surface area contributed by atoms with Crippen LogP contribution in [0.1, 0.15) is 44.7 Å². The highest BCUT2D eigenvalue weighted by molar-refractivity contribution is 7.92. The summed E-state index contributed by atoms with van der Waals surface area (Å²) in [5, 5.41) is 3.21. The molecule has 3 aromatic carbocycles. The highest BCUT2D eigenvalue weighted by atomic mass is 35.5. The van der Waals surface area contributed by atoms with Crippen LogP contribution in [0.5, 0.6) is 0 Å². The number of halogens is 3. The van der Waals surface area contributed by atoms with E-state index in [0.717, 1.165) is 9.87 Å². The molecule has 0 spiro atoms. The third-order valence-electron chi connectivity index (χ3n) is 6.72. The predicted molar refractivity (Wildman–Crippen MR) is 161 cm³/mol. The number of carbonyl (C=O) groups excluding carboxylic acids is 2. The van der Waals surface area contributed by atoms with Crippen LogP contribution in [0, 0.1) is 12.7 Å². The molecule has 0 fully saturated rings. The van der Waals surface area contributed by atoms with Gasteiger partial charge in [-0.1, -0.05) is 66.9 Å². The Kier molecular flexibility index (Phi) is 11.2. The SMILES string of the molecule is CCC(C)NC(=O)C(CC)N(Cc1ccc(F)cc1)C(=O)CN(c1cc(Cl)ccc1Cl)S(=O)(=O)c1ccc(C)cc1. The first-order valence-electron chi connectivity index (χ1n) is 13.3. The van der Waals surface area contributed by atoms with E-state index in [0.29, 0.717) is 12.0 Å². The van der Waals surface area contributed by atoms with Crippen LogP contribution in [-0.2, 0) is 26.2 Å². The van der Waals surface area contributed by atoms with Gasteiger partial charge in [0.15, 0.2) is 0 Å². The number of nitrogens with one attached hydrogen (secondary N) is 1. The molecule has 41 heavy (non-hydrogen) atoms. The van der Waals surface area contributed by atoms with Gasteiger partial charge < -0.3 is 10.2 Å². The number of rotatable bonds is 12. The smallest absolute Gasteiger partial charge is 0.264 e. The molecule has 7 nitrogen and oxygen atoms in total. The molecule has 0 aliphatic heterocycles. The second-order valence-corrected chi connectivity index (χ2v) is 12.5. The van der Waals surface area contributed by atoms with Crippen molar-refractivity contribution in [3.8, 4) is 0 Å². The minimum Gasteiger partial charge on any atom is -0.352 e. The first-order chi connectivity index (χ1) is 19.4. The summed E-state index contributed by atoms with van der Waals surface area (Å²) in [7, 11) is -4.30. The van der Waals surface area contributed by atoms with Gasteiger partial charge in [-0.05, 0) is 74.7 Å². The zero-order valence-electron chi connectivity index (χ0n) is 23.4. The average molecular weight is 623 g/mol. The molecule has 0 aliphatic rings. The standard InChI is InChI=1S/C30H34Cl2FN3O4S/c1-5-21(4)34-30(38)27(6-2)35(18-22-9-12-24(33)13-10-22)29(37)19-36(28-17-23(31)11-16-26(28)32)41(39,40)25-14-7-20(3)8-15-25/h7-17,21,27H,5-6,18-19H2,1-4H3,(H,34,38). The molecular weight excluding hydrogens is 588 g/mol. The number of hydrogen-bond donors (Lipinski definition) is 1. The van der Waals surface area contributed by atoms with Crippen LogP contribution in [-0.4, -0.2) is 43.8 Å². The van der Waals surface area contributed by atoms with E-state index >= 15 is 0 Å². The molecule has 0 aromatic heterocycles. The molecule has 2 atom stereocenters. The molecule has 0 radical (unpaired) electrons. The van der Waals surface area contributed by atoms with Gasteiger partial charge in [-0.2, -0.15) is 0 Å². The second-order valence-electron chi connectivity index (χ2n) is 9.81. The Balaban J connectivity index is 2.10. The Morgan fingerprint density at radius 2 is 1.59 bits per heavy atom. The van der Waals surface area contributed by atoms with E-state index in [9.17, 15) is 22.4 Å². The first-order valence-corrected chi connectivity index (χ1v) is 15.5. The monoisotopic (exact) mass is 621 g/mol. The van der Waals surface area contributed by atoms with Crippen LogP contribution in [0.3, 0.4) is 0 Å². The number of sulfonamides is 1. The summed E-state index contributed by atoms with van der Waals surface area (Å²) in [6.07, 6.45) is 0.946. The number of benzene rings is 3. The normalized spacial score (nSPS) is 12.9. The van der Waals surface area contributed by atoms with Crippen LogP contribution < -0.4 is 9.62 Å². The quantitative estimate of drug-likeness (QED) is 0.255. The summed E-state index contributed by atoms with van der Waals surface area (Å²) >= 11 is 12.7. The number of aryl methyl sites for hydroxylation is 1. The number of anilines is 1. The third kappa shape index (κ3) is 8.21. The van der Waals surface area contributed by atoms with E-state index in [1.54, 1.807) is 19.1 Å². The van der Waals surface area contributed by atoms with Crippen molar-refractivity contribution < 1.29 is 22.4 Å². The van der Waals surface area contributed by atoms with Gasteiger partial charge in [0.1, 0.15) is 18.4 Å². The van der Waals surface area contributed by atoms with Gasteiger partial charge >= 0.3 is 0 Å². The third-order valence-corrected chi connectivity index (χ3v) is 9.05. The fraction of sp³-hybridized carbons (Fsp3) is 0.333.